The number of aromatic nitrogens is 2. The van der Waals surface area contributed by atoms with Crippen LogP contribution >= 0.6 is 0 Å². The maximum atomic E-state index is 11.4. The highest BCUT2D eigenvalue weighted by molar-refractivity contribution is 7.91. The molecule has 1 N–H and O–H groups in total. The van der Waals surface area contributed by atoms with Crippen molar-refractivity contribution in [2.75, 3.05) is 18.6 Å². The minimum atomic E-state index is -2.80. The smallest absolute Gasteiger partial charge is 0.150 e. The lowest BCUT2D eigenvalue weighted by Gasteiger charge is -2.25. The Morgan fingerprint density at radius 3 is 2.71 bits per heavy atom. The zero-order valence-electron chi connectivity index (χ0n) is 10.3. The fourth-order valence-electron chi connectivity index (χ4n) is 2.24. The van der Waals surface area contributed by atoms with Crippen molar-refractivity contribution in [3.8, 4) is 0 Å². The molecule has 1 aliphatic rings. The molecule has 0 aromatic carbocycles. The van der Waals surface area contributed by atoms with E-state index in [1.807, 2.05) is 17.8 Å². The molecule has 96 valence electrons. The first kappa shape index (κ1) is 12.6. The van der Waals surface area contributed by atoms with Crippen molar-refractivity contribution in [3.05, 3.63) is 18.0 Å². The Balaban J connectivity index is 2.16. The minimum Gasteiger partial charge on any atom is -0.312 e. The molecule has 0 saturated carbocycles. The van der Waals surface area contributed by atoms with Crippen LogP contribution in [0, 0.1) is 0 Å². The van der Waals surface area contributed by atoms with E-state index < -0.39 is 9.84 Å². The zero-order valence-corrected chi connectivity index (χ0v) is 11.1. The summed E-state index contributed by atoms with van der Waals surface area (Å²) in [5.41, 5.74) is 1.12. The SMILES string of the molecule is CNC(C)c1ccnn1C1CCS(=O)(=O)CC1. The number of sulfone groups is 1. The maximum absolute atomic E-state index is 11.4. The number of nitrogens with zero attached hydrogens (tertiary/aromatic N) is 2. The van der Waals surface area contributed by atoms with Crippen molar-refractivity contribution in [1.82, 2.24) is 15.1 Å². The lowest BCUT2D eigenvalue weighted by molar-refractivity contribution is 0.388. The molecular formula is C11H19N3O2S. The molecule has 0 bridgehead atoms. The Bertz CT molecular complexity index is 467. The Morgan fingerprint density at radius 2 is 2.12 bits per heavy atom. The van der Waals surface area contributed by atoms with Crippen LogP contribution in [-0.4, -0.2) is 36.8 Å². The van der Waals surface area contributed by atoms with E-state index in [0.29, 0.717) is 12.8 Å². The van der Waals surface area contributed by atoms with Crippen molar-refractivity contribution in [1.29, 1.82) is 0 Å². The van der Waals surface area contributed by atoms with E-state index in [9.17, 15) is 8.42 Å². The van der Waals surface area contributed by atoms with Gasteiger partial charge in [0, 0.05) is 12.2 Å². The molecule has 0 amide bonds. The molecule has 5 nitrogen and oxygen atoms in total. The molecule has 1 aliphatic heterocycles. The highest BCUT2D eigenvalue weighted by Gasteiger charge is 2.26. The Labute approximate surface area is 102 Å². The summed E-state index contributed by atoms with van der Waals surface area (Å²) in [7, 11) is -0.892. The van der Waals surface area contributed by atoms with Crippen LogP contribution in [0.5, 0.6) is 0 Å². The Morgan fingerprint density at radius 1 is 1.47 bits per heavy atom. The second-order valence-corrected chi connectivity index (χ2v) is 6.90. The summed E-state index contributed by atoms with van der Waals surface area (Å²) < 4.78 is 24.8. The van der Waals surface area contributed by atoms with Crippen molar-refractivity contribution in [2.24, 2.45) is 0 Å². The zero-order chi connectivity index (χ0) is 12.5. The van der Waals surface area contributed by atoms with Gasteiger partial charge in [-0.25, -0.2) is 8.42 Å². The van der Waals surface area contributed by atoms with Gasteiger partial charge in [-0.15, -0.1) is 0 Å². The van der Waals surface area contributed by atoms with Crippen molar-refractivity contribution in [2.45, 2.75) is 31.8 Å². The number of hydrogen-bond donors (Lipinski definition) is 1. The van der Waals surface area contributed by atoms with Gasteiger partial charge in [-0.3, -0.25) is 4.68 Å². The molecule has 1 unspecified atom stereocenters. The molecule has 1 fully saturated rings. The van der Waals surface area contributed by atoms with E-state index in [2.05, 4.69) is 17.3 Å². The van der Waals surface area contributed by atoms with Gasteiger partial charge in [0.15, 0.2) is 0 Å². The second kappa shape index (κ2) is 4.78. The van der Waals surface area contributed by atoms with Crippen LogP contribution in [0.2, 0.25) is 0 Å². The van der Waals surface area contributed by atoms with Gasteiger partial charge in [-0.1, -0.05) is 0 Å². The van der Waals surface area contributed by atoms with Crippen LogP contribution in [0.15, 0.2) is 12.3 Å². The van der Waals surface area contributed by atoms with E-state index in [-0.39, 0.29) is 23.6 Å². The van der Waals surface area contributed by atoms with Crippen LogP contribution in [0.25, 0.3) is 0 Å². The fourth-order valence-corrected chi connectivity index (χ4v) is 3.71. The Hall–Kier alpha value is -0.880. The molecular weight excluding hydrogens is 238 g/mol. The number of hydrogen-bond acceptors (Lipinski definition) is 4. The highest BCUT2D eigenvalue weighted by Crippen LogP contribution is 2.26. The summed E-state index contributed by atoms with van der Waals surface area (Å²) in [4.78, 5) is 0. The van der Waals surface area contributed by atoms with Gasteiger partial charge in [0.2, 0.25) is 0 Å². The summed E-state index contributed by atoms with van der Waals surface area (Å²) in [6.45, 7) is 2.08. The van der Waals surface area contributed by atoms with Gasteiger partial charge in [0.05, 0.1) is 23.2 Å². The molecule has 0 radical (unpaired) electrons. The van der Waals surface area contributed by atoms with Crippen molar-refractivity contribution < 1.29 is 8.42 Å². The third kappa shape index (κ3) is 2.69. The quantitative estimate of drug-likeness (QED) is 0.874. The van der Waals surface area contributed by atoms with Crippen LogP contribution in [0.1, 0.15) is 37.5 Å². The number of nitrogens with one attached hydrogen (secondary N) is 1. The average Bonchev–Trinajstić information content (AvgIpc) is 2.77. The van der Waals surface area contributed by atoms with Crippen LogP contribution in [0.4, 0.5) is 0 Å². The molecule has 2 heterocycles. The van der Waals surface area contributed by atoms with Crippen LogP contribution in [0.3, 0.4) is 0 Å². The molecule has 0 spiro atoms. The summed E-state index contributed by atoms with van der Waals surface area (Å²) in [6, 6.07) is 2.44. The molecule has 2 rings (SSSR count). The first-order chi connectivity index (χ1) is 8.03. The molecule has 1 atom stereocenters. The average molecular weight is 257 g/mol. The summed E-state index contributed by atoms with van der Waals surface area (Å²) >= 11 is 0. The second-order valence-electron chi connectivity index (χ2n) is 4.59. The lowest BCUT2D eigenvalue weighted by atomic mass is 10.1. The van der Waals surface area contributed by atoms with Crippen LogP contribution < -0.4 is 5.32 Å². The molecule has 0 aliphatic carbocycles. The van der Waals surface area contributed by atoms with Crippen molar-refractivity contribution >= 4 is 9.84 Å². The van der Waals surface area contributed by atoms with Gasteiger partial charge in [-0.05, 0) is 32.9 Å². The van der Waals surface area contributed by atoms with Crippen molar-refractivity contribution in [3.63, 3.8) is 0 Å². The predicted molar refractivity (Wildman–Crippen MR) is 66.6 cm³/mol. The van der Waals surface area contributed by atoms with E-state index >= 15 is 0 Å². The standard InChI is InChI=1S/C11H19N3O2S/c1-9(12-2)11-3-6-13-14(11)10-4-7-17(15,16)8-5-10/h3,6,9-10,12H,4-5,7-8H2,1-2H3. The topological polar surface area (TPSA) is 64.0 Å². The molecule has 6 heteroatoms. The first-order valence-corrected chi connectivity index (χ1v) is 7.77. The monoisotopic (exact) mass is 257 g/mol. The summed E-state index contributed by atoms with van der Waals surface area (Å²) in [5, 5.41) is 7.52. The van der Waals surface area contributed by atoms with Gasteiger partial charge in [0.25, 0.3) is 0 Å². The van der Waals surface area contributed by atoms with Crippen LogP contribution in [-0.2, 0) is 9.84 Å². The maximum Gasteiger partial charge on any atom is 0.150 e. The summed E-state index contributed by atoms with van der Waals surface area (Å²) in [6.07, 6.45) is 3.13. The molecule has 1 aromatic rings. The van der Waals surface area contributed by atoms with E-state index in [4.69, 9.17) is 0 Å². The first-order valence-electron chi connectivity index (χ1n) is 5.94. The predicted octanol–water partition coefficient (Wildman–Crippen LogP) is 0.913. The van der Waals surface area contributed by atoms with E-state index in [0.717, 1.165) is 5.69 Å². The highest BCUT2D eigenvalue weighted by atomic mass is 32.2. The normalized spacial score (nSPS) is 22.5. The fraction of sp³-hybridized carbons (Fsp3) is 0.727. The molecule has 17 heavy (non-hydrogen) atoms. The van der Waals surface area contributed by atoms with E-state index in [1.54, 1.807) is 6.20 Å². The van der Waals surface area contributed by atoms with Gasteiger partial charge in [-0.2, -0.15) is 5.10 Å². The largest absolute Gasteiger partial charge is 0.312 e. The number of rotatable bonds is 3. The third-order valence-corrected chi connectivity index (χ3v) is 5.16. The van der Waals surface area contributed by atoms with Gasteiger partial charge >= 0.3 is 0 Å². The summed E-state index contributed by atoms with van der Waals surface area (Å²) in [5.74, 6) is 0.565. The molecule has 1 saturated heterocycles. The lowest BCUT2D eigenvalue weighted by Crippen LogP contribution is -2.28. The van der Waals surface area contributed by atoms with Gasteiger partial charge in [0.1, 0.15) is 9.84 Å². The van der Waals surface area contributed by atoms with E-state index in [1.165, 1.54) is 0 Å². The minimum absolute atomic E-state index is 0.222. The van der Waals surface area contributed by atoms with Gasteiger partial charge < -0.3 is 5.32 Å². The third-order valence-electron chi connectivity index (χ3n) is 3.45. The molecule has 1 aromatic heterocycles. The Kier molecular flexibility index (Phi) is 3.53.